The highest BCUT2D eigenvalue weighted by molar-refractivity contribution is 8.00. The number of nitrogens with one attached hydrogen (secondary N) is 1. The van der Waals surface area contributed by atoms with E-state index in [4.69, 9.17) is 14.2 Å². The van der Waals surface area contributed by atoms with Crippen LogP contribution in [-0.4, -0.2) is 30.0 Å². The van der Waals surface area contributed by atoms with E-state index in [1.807, 2.05) is 30.3 Å². The molecule has 3 rings (SSSR count). The Morgan fingerprint density at radius 3 is 2.58 bits per heavy atom. The van der Waals surface area contributed by atoms with Crippen molar-refractivity contribution < 1.29 is 23.8 Å². The maximum absolute atomic E-state index is 12.3. The average Bonchev–Trinajstić information content (AvgIpc) is 3.10. The third-order valence-electron chi connectivity index (χ3n) is 3.69. The van der Waals surface area contributed by atoms with Crippen LogP contribution >= 0.6 is 11.8 Å². The van der Waals surface area contributed by atoms with Crippen molar-refractivity contribution in [2.75, 3.05) is 12.1 Å². The normalized spacial score (nSPS) is 14.4. The summed E-state index contributed by atoms with van der Waals surface area (Å²) in [5.74, 6) is 0.357. The van der Waals surface area contributed by atoms with Crippen LogP contribution < -0.4 is 14.8 Å². The summed E-state index contributed by atoms with van der Waals surface area (Å²) < 4.78 is 15.8. The molecule has 0 spiro atoms. The number of anilines is 1. The molecular weight excluding hydrogens is 354 g/mol. The first-order valence-corrected chi connectivity index (χ1v) is 9.03. The van der Waals surface area contributed by atoms with Gasteiger partial charge in [-0.15, -0.1) is 11.8 Å². The van der Waals surface area contributed by atoms with Crippen molar-refractivity contribution in [1.29, 1.82) is 0 Å². The van der Waals surface area contributed by atoms with Crippen LogP contribution in [0, 0.1) is 0 Å². The molecule has 2 aromatic rings. The van der Waals surface area contributed by atoms with Crippen LogP contribution in [0.1, 0.15) is 13.8 Å². The summed E-state index contributed by atoms with van der Waals surface area (Å²) in [4.78, 5) is 25.4. The molecule has 1 aliphatic rings. The zero-order valence-corrected chi connectivity index (χ0v) is 15.2. The van der Waals surface area contributed by atoms with Crippen molar-refractivity contribution >= 4 is 29.3 Å². The smallest absolute Gasteiger partial charge is 0.319 e. The highest BCUT2D eigenvalue weighted by atomic mass is 32.2. The van der Waals surface area contributed by atoms with E-state index in [0.29, 0.717) is 17.2 Å². The molecule has 2 atom stereocenters. The second-order valence-electron chi connectivity index (χ2n) is 5.71. The minimum atomic E-state index is -0.910. The summed E-state index contributed by atoms with van der Waals surface area (Å²) >= 11 is 1.39. The topological polar surface area (TPSA) is 73.9 Å². The average molecular weight is 373 g/mol. The van der Waals surface area contributed by atoms with Crippen LogP contribution in [0.5, 0.6) is 11.5 Å². The number of rotatable bonds is 6. The zero-order chi connectivity index (χ0) is 18.5. The molecule has 1 N–H and O–H groups in total. The molecule has 1 aliphatic heterocycles. The molecule has 136 valence electrons. The number of esters is 1. The largest absolute Gasteiger partial charge is 0.454 e. The predicted octanol–water partition coefficient (Wildman–Crippen LogP) is 3.47. The number of thioether (sulfide) groups is 1. The van der Waals surface area contributed by atoms with Gasteiger partial charge in [-0.3, -0.25) is 9.59 Å². The van der Waals surface area contributed by atoms with E-state index in [1.165, 1.54) is 11.8 Å². The van der Waals surface area contributed by atoms with Gasteiger partial charge in [0.2, 0.25) is 6.79 Å². The van der Waals surface area contributed by atoms with Crippen LogP contribution in [0.2, 0.25) is 0 Å². The molecule has 2 aromatic carbocycles. The van der Waals surface area contributed by atoms with Gasteiger partial charge in [0.25, 0.3) is 5.91 Å². The molecule has 0 bridgehead atoms. The third-order valence-corrected chi connectivity index (χ3v) is 4.78. The molecular formula is C19H19NO5S. The molecule has 0 unspecified atom stereocenters. The number of carbonyl (C=O) groups is 2. The Hall–Kier alpha value is -2.67. The van der Waals surface area contributed by atoms with Crippen LogP contribution in [0.4, 0.5) is 5.69 Å². The lowest BCUT2D eigenvalue weighted by molar-refractivity contribution is -0.152. The van der Waals surface area contributed by atoms with Gasteiger partial charge in [-0.1, -0.05) is 18.2 Å². The molecule has 26 heavy (non-hydrogen) atoms. The summed E-state index contributed by atoms with van der Waals surface area (Å²) in [6.07, 6.45) is -0.910. The molecule has 0 saturated heterocycles. The minimum Gasteiger partial charge on any atom is -0.454 e. The van der Waals surface area contributed by atoms with Crippen LogP contribution in [-0.2, 0) is 14.3 Å². The summed E-state index contributed by atoms with van der Waals surface area (Å²) in [5.41, 5.74) is 0.550. The van der Waals surface area contributed by atoms with E-state index >= 15 is 0 Å². The van der Waals surface area contributed by atoms with Crippen molar-refractivity contribution in [3.63, 3.8) is 0 Å². The Bertz CT molecular complexity index is 796. The van der Waals surface area contributed by atoms with Crippen molar-refractivity contribution in [1.82, 2.24) is 0 Å². The monoisotopic (exact) mass is 373 g/mol. The number of fused-ring (bicyclic) bond motifs is 1. The molecule has 0 radical (unpaired) electrons. The number of carbonyl (C=O) groups excluding carboxylic acids is 2. The third kappa shape index (κ3) is 4.49. The minimum absolute atomic E-state index is 0.164. The van der Waals surface area contributed by atoms with Gasteiger partial charge in [-0.2, -0.15) is 0 Å². The van der Waals surface area contributed by atoms with E-state index in [0.717, 1.165) is 4.90 Å². The van der Waals surface area contributed by atoms with E-state index in [9.17, 15) is 9.59 Å². The molecule has 0 fully saturated rings. The Balaban J connectivity index is 1.52. The van der Waals surface area contributed by atoms with Crippen molar-refractivity contribution in [2.45, 2.75) is 30.1 Å². The van der Waals surface area contributed by atoms with Gasteiger partial charge in [0.15, 0.2) is 17.6 Å². The SMILES string of the molecule is C[C@H](OC(=O)[C@H](C)Sc1ccccc1)C(=O)Nc1ccc2c(c1)OCO2. The lowest BCUT2D eigenvalue weighted by Gasteiger charge is -2.16. The van der Waals surface area contributed by atoms with Crippen LogP contribution in [0.15, 0.2) is 53.4 Å². The molecule has 1 amide bonds. The number of ether oxygens (including phenoxy) is 3. The van der Waals surface area contributed by atoms with Crippen molar-refractivity contribution in [3.05, 3.63) is 48.5 Å². The Morgan fingerprint density at radius 1 is 1.08 bits per heavy atom. The maximum atomic E-state index is 12.3. The molecule has 6 nitrogen and oxygen atoms in total. The molecule has 0 aromatic heterocycles. The Morgan fingerprint density at radius 2 is 1.81 bits per heavy atom. The summed E-state index contributed by atoms with van der Waals surface area (Å²) in [6, 6.07) is 14.7. The molecule has 1 heterocycles. The second-order valence-corrected chi connectivity index (χ2v) is 7.12. The van der Waals surface area contributed by atoms with Crippen LogP contribution in [0.3, 0.4) is 0 Å². The lowest BCUT2D eigenvalue weighted by Crippen LogP contribution is -2.32. The standard InChI is InChI=1S/C19H19NO5S/c1-12(25-19(22)13(2)26-15-6-4-3-5-7-15)18(21)20-14-8-9-16-17(10-14)24-11-23-16/h3-10,12-13H,11H2,1-2H3,(H,20,21)/t12-,13-/m0/s1. The summed E-state index contributed by atoms with van der Waals surface area (Å²) in [6.45, 7) is 3.46. The van der Waals surface area contributed by atoms with Gasteiger partial charge in [0.05, 0.1) is 0 Å². The number of amides is 1. The fourth-order valence-corrected chi connectivity index (χ4v) is 3.17. The highest BCUT2D eigenvalue weighted by Crippen LogP contribution is 2.34. The maximum Gasteiger partial charge on any atom is 0.319 e. The second kappa shape index (κ2) is 8.14. The van der Waals surface area contributed by atoms with E-state index in [1.54, 1.807) is 32.0 Å². The Labute approximate surface area is 155 Å². The van der Waals surface area contributed by atoms with Gasteiger partial charge < -0.3 is 19.5 Å². The lowest BCUT2D eigenvalue weighted by atomic mass is 10.2. The Kier molecular flexibility index (Phi) is 5.68. The van der Waals surface area contributed by atoms with Crippen molar-refractivity contribution in [2.24, 2.45) is 0 Å². The van der Waals surface area contributed by atoms with Gasteiger partial charge in [0, 0.05) is 16.6 Å². The summed E-state index contributed by atoms with van der Waals surface area (Å²) in [5, 5.41) is 2.29. The summed E-state index contributed by atoms with van der Waals surface area (Å²) in [7, 11) is 0. The quantitative estimate of drug-likeness (QED) is 0.617. The first kappa shape index (κ1) is 18.1. The predicted molar refractivity (Wildman–Crippen MR) is 98.5 cm³/mol. The molecule has 0 aliphatic carbocycles. The number of hydrogen-bond acceptors (Lipinski definition) is 6. The van der Waals surface area contributed by atoms with Crippen molar-refractivity contribution in [3.8, 4) is 11.5 Å². The zero-order valence-electron chi connectivity index (χ0n) is 14.4. The van der Waals surface area contributed by atoms with Crippen LogP contribution in [0.25, 0.3) is 0 Å². The molecule has 7 heteroatoms. The highest BCUT2D eigenvalue weighted by Gasteiger charge is 2.23. The molecule has 0 saturated carbocycles. The van der Waals surface area contributed by atoms with Gasteiger partial charge >= 0.3 is 5.97 Å². The first-order chi connectivity index (χ1) is 12.5. The van der Waals surface area contributed by atoms with E-state index < -0.39 is 23.2 Å². The van der Waals surface area contributed by atoms with Gasteiger partial charge in [-0.25, -0.2) is 0 Å². The van der Waals surface area contributed by atoms with E-state index in [-0.39, 0.29) is 6.79 Å². The van der Waals surface area contributed by atoms with Gasteiger partial charge in [0.1, 0.15) is 5.25 Å². The fourth-order valence-electron chi connectivity index (χ4n) is 2.29. The number of benzene rings is 2. The first-order valence-electron chi connectivity index (χ1n) is 8.15. The van der Waals surface area contributed by atoms with E-state index in [2.05, 4.69) is 5.32 Å². The fraction of sp³-hybridized carbons (Fsp3) is 0.263. The number of hydrogen-bond donors (Lipinski definition) is 1. The van der Waals surface area contributed by atoms with Gasteiger partial charge in [-0.05, 0) is 38.1 Å².